The second-order valence-electron chi connectivity index (χ2n) is 6.42. The van der Waals surface area contributed by atoms with Gasteiger partial charge in [-0.2, -0.15) is 0 Å². The number of ether oxygens (including phenoxy) is 1. The number of rotatable bonds is 3. The molecule has 0 aliphatic heterocycles. The van der Waals surface area contributed by atoms with Crippen LogP contribution in [-0.2, 0) is 11.3 Å². The number of carbonyl (C=O) groups excluding carboxylic acids is 1. The molecule has 5 heteroatoms. The van der Waals surface area contributed by atoms with Crippen molar-refractivity contribution in [3.05, 3.63) is 40.3 Å². The lowest BCUT2D eigenvalue weighted by Gasteiger charge is -2.23. The summed E-state index contributed by atoms with van der Waals surface area (Å²) in [5.74, 6) is -0.898. The number of benzene rings is 1. The molecular formula is C17H21NO4. The minimum Gasteiger partial charge on any atom is -0.505 e. The van der Waals surface area contributed by atoms with E-state index in [1.54, 1.807) is 31.2 Å². The molecule has 1 N–H and O–H groups in total. The van der Waals surface area contributed by atoms with E-state index in [0.29, 0.717) is 17.3 Å². The number of nitrogens with zero attached hydrogens (tertiary/aromatic N) is 1. The van der Waals surface area contributed by atoms with E-state index >= 15 is 0 Å². The average molecular weight is 303 g/mol. The van der Waals surface area contributed by atoms with E-state index in [1.165, 1.54) is 4.57 Å². The van der Waals surface area contributed by atoms with Gasteiger partial charge in [-0.3, -0.25) is 9.36 Å². The molecule has 0 aliphatic carbocycles. The van der Waals surface area contributed by atoms with Crippen molar-refractivity contribution < 1.29 is 14.6 Å². The summed E-state index contributed by atoms with van der Waals surface area (Å²) in [4.78, 5) is 25.0. The van der Waals surface area contributed by atoms with Crippen LogP contribution in [0, 0.1) is 5.41 Å². The molecule has 0 unspecified atom stereocenters. The van der Waals surface area contributed by atoms with Gasteiger partial charge in [0.1, 0.15) is 0 Å². The summed E-state index contributed by atoms with van der Waals surface area (Å²) >= 11 is 0. The lowest BCUT2D eigenvalue weighted by molar-refractivity contribution is 0.0506. The number of aromatic nitrogens is 1. The fourth-order valence-corrected chi connectivity index (χ4v) is 2.41. The Balaban J connectivity index is 2.83. The van der Waals surface area contributed by atoms with Crippen LogP contribution in [0.5, 0.6) is 5.75 Å². The SMILES string of the molecule is CCOC(=O)c1c(O)c2ccccc2c(=O)n1CC(C)(C)C. The highest BCUT2D eigenvalue weighted by atomic mass is 16.5. The maximum absolute atomic E-state index is 12.7. The Morgan fingerprint density at radius 2 is 1.82 bits per heavy atom. The third kappa shape index (κ3) is 2.98. The second kappa shape index (κ2) is 5.83. The molecule has 0 aliphatic rings. The van der Waals surface area contributed by atoms with Crippen molar-refractivity contribution in [2.75, 3.05) is 6.61 Å². The monoisotopic (exact) mass is 303 g/mol. The van der Waals surface area contributed by atoms with Crippen LogP contribution in [0.4, 0.5) is 0 Å². The van der Waals surface area contributed by atoms with Crippen LogP contribution < -0.4 is 5.56 Å². The first kappa shape index (κ1) is 16.1. The maximum atomic E-state index is 12.7. The fourth-order valence-electron chi connectivity index (χ4n) is 2.41. The highest BCUT2D eigenvalue weighted by Crippen LogP contribution is 2.28. The topological polar surface area (TPSA) is 68.5 Å². The zero-order chi connectivity index (χ0) is 16.5. The predicted molar refractivity (Wildman–Crippen MR) is 85.3 cm³/mol. The fraction of sp³-hybridized carbons (Fsp3) is 0.412. The Hall–Kier alpha value is -2.30. The summed E-state index contributed by atoms with van der Waals surface area (Å²) in [6.45, 7) is 8.04. The Kier molecular flexibility index (Phi) is 4.26. The molecule has 1 aromatic heterocycles. The highest BCUT2D eigenvalue weighted by Gasteiger charge is 2.25. The first-order valence-electron chi connectivity index (χ1n) is 7.28. The van der Waals surface area contributed by atoms with Gasteiger partial charge in [0.25, 0.3) is 5.56 Å². The van der Waals surface area contributed by atoms with Gasteiger partial charge >= 0.3 is 5.97 Å². The van der Waals surface area contributed by atoms with Crippen molar-refractivity contribution >= 4 is 16.7 Å². The molecule has 0 bridgehead atoms. The largest absolute Gasteiger partial charge is 0.505 e. The number of aromatic hydroxyl groups is 1. The molecule has 0 amide bonds. The third-order valence-corrected chi connectivity index (χ3v) is 3.25. The van der Waals surface area contributed by atoms with Crippen LogP contribution in [0.15, 0.2) is 29.1 Å². The zero-order valence-corrected chi connectivity index (χ0v) is 13.3. The van der Waals surface area contributed by atoms with Gasteiger partial charge in [0, 0.05) is 11.9 Å². The Morgan fingerprint density at radius 1 is 1.23 bits per heavy atom. The Morgan fingerprint density at radius 3 is 2.36 bits per heavy atom. The number of esters is 1. The van der Waals surface area contributed by atoms with Gasteiger partial charge < -0.3 is 9.84 Å². The van der Waals surface area contributed by atoms with Gasteiger partial charge in [0.05, 0.1) is 12.0 Å². The van der Waals surface area contributed by atoms with Gasteiger partial charge in [-0.1, -0.05) is 39.0 Å². The molecule has 1 heterocycles. The summed E-state index contributed by atoms with van der Waals surface area (Å²) in [5, 5.41) is 11.2. The van der Waals surface area contributed by atoms with Crippen LogP contribution in [0.25, 0.3) is 10.8 Å². The van der Waals surface area contributed by atoms with Crippen molar-refractivity contribution in [3.8, 4) is 5.75 Å². The van der Waals surface area contributed by atoms with Crippen molar-refractivity contribution in [1.29, 1.82) is 0 Å². The molecule has 22 heavy (non-hydrogen) atoms. The van der Waals surface area contributed by atoms with E-state index in [1.807, 2.05) is 20.8 Å². The summed E-state index contributed by atoms with van der Waals surface area (Å²) in [6.07, 6.45) is 0. The molecule has 0 atom stereocenters. The molecule has 0 saturated heterocycles. The van der Waals surface area contributed by atoms with Crippen molar-refractivity contribution in [2.45, 2.75) is 34.2 Å². The quantitative estimate of drug-likeness (QED) is 0.885. The summed E-state index contributed by atoms with van der Waals surface area (Å²) < 4.78 is 6.32. The molecule has 0 radical (unpaired) electrons. The average Bonchev–Trinajstić information content (AvgIpc) is 2.43. The van der Waals surface area contributed by atoms with Gasteiger partial charge in [0.2, 0.25) is 0 Å². The van der Waals surface area contributed by atoms with Crippen LogP contribution in [0.2, 0.25) is 0 Å². The van der Waals surface area contributed by atoms with Crippen LogP contribution >= 0.6 is 0 Å². The van der Waals surface area contributed by atoms with Crippen molar-refractivity contribution in [3.63, 3.8) is 0 Å². The third-order valence-electron chi connectivity index (χ3n) is 3.25. The maximum Gasteiger partial charge on any atom is 0.358 e. The number of hydrogen-bond acceptors (Lipinski definition) is 4. The lowest BCUT2D eigenvalue weighted by atomic mass is 9.96. The van der Waals surface area contributed by atoms with E-state index in [2.05, 4.69) is 0 Å². The number of pyridine rings is 1. The minimum atomic E-state index is -0.688. The summed E-state index contributed by atoms with van der Waals surface area (Å²) in [7, 11) is 0. The number of carbonyl (C=O) groups is 1. The molecule has 0 spiro atoms. The Bertz CT molecular complexity index is 769. The normalized spacial score (nSPS) is 11.6. The lowest BCUT2D eigenvalue weighted by Crippen LogP contribution is -2.32. The van der Waals surface area contributed by atoms with Gasteiger partial charge in [-0.05, 0) is 18.4 Å². The highest BCUT2D eigenvalue weighted by molar-refractivity contribution is 5.99. The first-order valence-corrected chi connectivity index (χ1v) is 7.28. The second-order valence-corrected chi connectivity index (χ2v) is 6.42. The van der Waals surface area contributed by atoms with E-state index in [9.17, 15) is 14.7 Å². The molecule has 0 saturated carbocycles. The molecular weight excluding hydrogens is 282 g/mol. The van der Waals surface area contributed by atoms with Crippen LogP contribution in [0.1, 0.15) is 38.2 Å². The molecule has 2 aromatic rings. The zero-order valence-electron chi connectivity index (χ0n) is 13.3. The van der Waals surface area contributed by atoms with E-state index in [-0.39, 0.29) is 29.0 Å². The van der Waals surface area contributed by atoms with Crippen LogP contribution in [0.3, 0.4) is 0 Å². The van der Waals surface area contributed by atoms with Gasteiger partial charge in [-0.25, -0.2) is 4.79 Å². The van der Waals surface area contributed by atoms with E-state index in [4.69, 9.17) is 4.74 Å². The molecule has 1 aromatic carbocycles. The summed E-state index contributed by atoms with van der Waals surface area (Å²) in [5.41, 5.74) is -0.619. The number of hydrogen-bond donors (Lipinski definition) is 1. The first-order chi connectivity index (χ1) is 10.3. The van der Waals surface area contributed by atoms with E-state index < -0.39 is 5.97 Å². The predicted octanol–water partition coefficient (Wildman–Crippen LogP) is 2.93. The standard InChI is InChI=1S/C17H21NO4/c1-5-22-16(21)13-14(19)11-8-6-7-9-12(11)15(20)18(13)10-17(2,3)4/h6-9,19H,5,10H2,1-4H3. The molecule has 5 nitrogen and oxygen atoms in total. The minimum absolute atomic E-state index is 0.0829. The smallest absolute Gasteiger partial charge is 0.358 e. The van der Waals surface area contributed by atoms with Crippen LogP contribution in [-0.4, -0.2) is 22.2 Å². The van der Waals surface area contributed by atoms with E-state index in [0.717, 1.165) is 0 Å². The summed E-state index contributed by atoms with van der Waals surface area (Å²) in [6, 6.07) is 6.71. The van der Waals surface area contributed by atoms with Gasteiger partial charge in [-0.15, -0.1) is 0 Å². The van der Waals surface area contributed by atoms with Gasteiger partial charge in [0.15, 0.2) is 11.4 Å². The Labute approximate surface area is 129 Å². The molecule has 2 rings (SSSR count). The molecule has 0 fully saturated rings. The molecule has 118 valence electrons. The number of fused-ring (bicyclic) bond motifs is 1. The van der Waals surface area contributed by atoms with Crippen molar-refractivity contribution in [2.24, 2.45) is 5.41 Å². The van der Waals surface area contributed by atoms with Crippen molar-refractivity contribution in [1.82, 2.24) is 4.57 Å².